The lowest BCUT2D eigenvalue weighted by atomic mass is 10.3. The fourth-order valence-corrected chi connectivity index (χ4v) is 1.48. The van der Waals surface area contributed by atoms with Crippen molar-refractivity contribution >= 4 is 22.6 Å². The molecule has 0 atom stereocenters. The Morgan fingerprint density at radius 3 is 3.14 bits per heavy atom. The van der Waals surface area contributed by atoms with Crippen molar-refractivity contribution in [3.05, 3.63) is 29.0 Å². The van der Waals surface area contributed by atoms with Crippen LogP contribution in [0.15, 0.2) is 18.2 Å². The Bertz CT molecular complexity index is 441. The molecule has 74 valence electrons. The lowest BCUT2D eigenvalue weighted by molar-refractivity contribution is 0.140. The van der Waals surface area contributed by atoms with E-state index in [2.05, 4.69) is 14.8 Å². The van der Waals surface area contributed by atoms with Crippen molar-refractivity contribution < 1.29 is 4.84 Å². The van der Waals surface area contributed by atoms with Gasteiger partial charge in [0.2, 0.25) is 0 Å². The van der Waals surface area contributed by atoms with E-state index in [9.17, 15) is 0 Å². The van der Waals surface area contributed by atoms with E-state index < -0.39 is 0 Å². The van der Waals surface area contributed by atoms with E-state index in [-0.39, 0.29) is 0 Å². The molecular weight excluding hydrogens is 202 g/mol. The minimum atomic E-state index is 0.452. The summed E-state index contributed by atoms with van der Waals surface area (Å²) in [4.78, 5) is 12.0. The number of fused-ring (bicyclic) bond motifs is 1. The zero-order valence-electron chi connectivity index (χ0n) is 7.46. The number of aromatic amines is 1. The van der Waals surface area contributed by atoms with Gasteiger partial charge in [0.25, 0.3) is 0 Å². The van der Waals surface area contributed by atoms with Crippen LogP contribution in [0.4, 0.5) is 0 Å². The number of nitrogens with one attached hydrogen (secondary N) is 1. The zero-order valence-corrected chi connectivity index (χ0v) is 8.21. The third-order valence-corrected chi connectivity index (χ3v) is 2.18. The number of halogens is 1. The summed E-state index contributed by atoms with van der Waals surface area (Å²) in [7, 11) is 0. The van der Waals surface area contributed by atoms with Crippen molar-refractivity contribution in [2.45, 2.75) is 6.42 Å². The van der Waals surface area contributed by atoms with Gasteiger partial charge in [-0.25, -0.2) is 10.9 Å². The minimum absolute atomic E-state index is 0.452. The summed E-state index contributed by atoms with van der Waals surface area (Å²) in [6.07, 6.45) is 0.669. The largest absolute Gasteiger partial charge is 0.342 e. The van der Waals surface area contributed by atoms with E-state index in [0.29, 0.717) is 18.1 Å². The summed E-state index contributed by atoms with van der Waals surface area (Å²) in [5, 5.41) is 0.697. The molecule has 1 heterocycles. The van der Waals surface area contributed by atoms with E-state index in [4.69, 9.17) is 17.5 Å². The van der Waals surface area contributed by atoms with Crippen molar-refractivity contribution in [2.24, 2.45) is 5.90 Å². The van der Waals surface area contributed by atoms with Gasteiger partial charge in [0.05, 0.1) is 17.6 Å². The zero-order chi connectivity index (χ0) is 9.97. The van der Waals surface area contributed by atoms with Gasteiger partial charge in [-0.05, 0) is 18.2 Å². The number of hydrogen-bond donors (Lipinski definition) is 2. The highest BCUT2D eigenvalue weighted by molar-refractivity contribution is 6.31. The Balaban J connectivity index is 2.32. The molecule has 0 spiro atoms. The Labute approximate surface area is 86.0 Å². The molecular formula is C9H10ClN3O. The lowest BCUT2D eigenvalue weighted by Crippen LogP contribution is -2.04. The smallest absolute Gasteiger partial charge is 0.109 e. The first-order valence-corrected chi connectivity index (χ1v) is 4.63. The summed E-state index contributed by atoms with van der Waals surface area (Å²) in [6, 6.07) is 5.53. The standard InChI is InChI=1S/C9H10ClN3O/c10-6-1-2-7-8(5-6)13-9(12-7)3-4-14-11/h1-2,5H,3-4,11H2,(H,12,13). The van der Waals surface area contributed by atoms with Gasteiger partial charge in [0.15, 0.2) is 0 Å². The number of imidazole rings is 1. The molecule has 0 bridgehead atoms. The molecule has 14 heavy (non-hydrogen) atoms. The first-order chi connectivity index (χ1) is 6.79. The molecule has 4 nitrogen and oxygen atoms in total. The van der Waals surface area contributed by atoms with Crippen LogP contribution in [-0.2, 0) is 11.3 Å². The third kappa shape index (κ3) is 1.87. The van der Waals surface area contributed by atoms with Crippen LogP contribution in [0.5, 0.6) is 0 Å². The quantitative estimate of drug-likeness (QED) is 0.759. The maximum absolute atomic E-state index is 5.84. The fraction of sp³-hybridized carbons (Fsp3) is 0.222. The molecule has 0 aliphatic carbocycles. The second-order valence-electron chi connectivity index (χ2n) is 2.97. The monoisotopic (exact) mass is 211 g/mol. The van der Waals surface area contributed by atoms with E-state index in [1.165, 1.54) is 0 Å². The van der Waals surface area contributed by atoms with Gasteiger partial charge in [0.1, 0.15) is 5.82 Å². The highest BCUT2D eigenvalue weighted by Gasteiger charge is 2.02. The molecule has 2 aromatic rings. The van der Waals surface area contributed by atoms with E-state index in [1.807, 2.05) is 18.2 Å². The Hall–Kier alpha value is -1.10. The van der Waals surface area contributed by atoms with Crippen LogP contribution in [0.25, 0.3) is 11.0 Å². The number of rotatable bonds is 3. The van der Waals surface area contributed by atoms with Gasteiger partial charge in [-0.15, -0.1) is 0 Å². The Morgan fingerprint density at radius 1 is 1.50 bits per heavy atom. The van der Waals surface area contributed by atoms with Crippen molar-refractivity contribution in [1.29, 1.82) is 0 Å². The Morgan fingerprint density at radius 2 is 2.36 bits per heavy atom. The van der Waals surface area contributed by atoms with Crippen LogP contribution in [0.3, 0.4) is 0 Å². The molecule has 0 fully saturated rings. The number of benzene rings is 1. The predicted molar refractivity (Wildman–Crippen MR) is 54.9 cm³/mol. The lowest BCUT2D eigenvalue weighted by Gasteiger charge is -1.92. The van der Waals surface area contributed by atoms with E-state index in [1.54, 1.807) is 0 Å². The molecule has 2 rings (SSSR count). The normalized spacial score (nSPS) is 11.0. The molecule has 0 saturated heterocycles. The molecule has 0 aliphatic heterocycles. The molecule has 0 saturated carbocycles. The van der Waals surface area contributed by atoms with E-state index >= 15 is 0 Å². The number of nitrogens with two attached hydrogens (primary N) is 1. The molecule has 0 aliphatic rings. The molecule has 0 unspecified atom stereocenters. The summed E-state index contributed by atoms with van der Waals surface area (Å²) in [5.74, 6) is 5.79. The van der Waals surface area contributed by atoms with Gasteiger partial charge in [-0.1, -0.05) is 11.6 Å². The second kappa shape index (κ2) is 3.96. The number of aromatic nitrogens is 2. The minimum Gasteiger partial charge on any atom is -0.342 e. The molecule has 0 amide bonds. The van der Waals surface area contributed by atoms with Gasteiger partial charge >= 0.3 is 0 Å². The summed E-state index contributed by atoms with van der Waals surface area (Å²) < 4.78 is 0. The maximum Gasteiger partial charge on any atom is 0.109 e. The van der Waals surface area contributed by atoms with Crippen molar-refractivity contribution in [1.82, 2.24) is 9.97 Å². The van der Waals surface area contributed by atoms with Gasteiger partial charge < -0.3 is 9.82 Å². The number of hydrogen-bond acceptors (Lipinski definition) is 3. The topological polar surface area (TPSA) is 63.9 Å². The highest BCUT2D eigenvalue weighted by atomic mass is 35.5. The summed E-state index contributed by atoms with van der Waals surface area (Å²) >= 11 is 5.84. The van der Waals surface area contributed by atoms with Crippen LogP contribution in [0.2, 0.25) is 5.02 Å². The molecule has 1 aromatic heterocycles. The molecule has 0 radical (unpaired) electrons. The van der Waals surface area contributed by atoms with Crippen LogP contribution < -0.4 is 5.90 Å². The van der Waals surface area contributed by atoms with Gasteiger partial charge in [-0.3, -0.25) is 0 Å². The van der Waals surface area contributed by atoms with Crippen molar-refractivity contribution in [3.63, 3.8) is 0 Å². The first kappa shape index (κ1) is 9.45. The average molecular weight is 212 g/mol. The predicted octanol–water partition coefficient (Wildman–Crippen LogP) is 1.65. The average Bonchev–Trinajstić information content (AvgIpc) is 2.56. The van der Waals surface area contributed by atoms with Crippen LogP contribution in [0, 0.1) is 0 Å². The van der Waals surface area contributed by atoms with E-state index in [0.717, 1.165) is 16.9 Å². The number of H-pyrrole nitrogens is 1. The van der Waals surface area contributed by atoms with Crippen molar-refractivity contribution in [3.8, 4) is 0 Å². The van der Waals surface area contributed by atoms with Gasteiger partial charge in [-0.2, -0.15) is 0 Å². The Kier molecular flexibility index (Phi) is 2.67. The van der Waals surface area contributed by atoms with Crippen LogP contribution in [0.1, 0.15) is 5.82 Å². The second-order valence-corrected chi connectivity index (χ2v) is 3.40. The van der Waals surface area contributed by atoms with Crippen molar-refractivity contribution in [2.75, 3.05) is 6.61 Å². The highest BCUT2D eigenvalue weighted by Crippen LogP contribution is 2.17. The number of nitrogens with zero attached hydrogens (tertiary/aromatic N) is 1. The van der Waals surface area contributed by atoms with Gasteiger partial charge in [0, 0.05) is 11.4 Å². The SMILES string of the molecule is NOCCc1nc2ccc(Cl)cc2[nH]1. The summed E-state index contributed by atoms with van der Waals surface area (Å²) in [5.41, 5.74) is 1.84. The first-order valence-electron chi connectivity index (χ1n) is 4.25. The summed E-state index contributed by atoms with van der Waals surface area (Å²) in [6.45, 7) is 0.452. The van der Waals surface area contributed by atoms with Crippen LogP contribution >= 0.6 is 11.6 Å². The molecule has 1 aromatic carbocycles. The maximum atomic E-state index is 5.84. The van der Waals surface area contributed by atoms with Crippen LogP contribution in [-0.4, -0.2) is 16.6 Å². The fourth-order valence-electron chi connectivity index (χ4n) is 1.31. The third-order valence-electron chi connectivity index (χ3n) is 1.95. The molecule has 3 N–H and O–H groups in total. The molecule has 5 heteroatoms.